The Kier molecular flexibility index (Phi) is 4.10. The van der Waals surface area contributed by atoms with Gasteiger partial charge >= 0.3 is 5.97 Å². The number of carboxylic acid groups (broad SMARTS) is 1. The second-order valence-corrected chi connectivity index (χ2v) is 4.01. The quantitative estimate of drug-likeness (QED) is 0.876. The maximum Gasteiger partial charge on any atom is 0.337 e. The Labute approximate surface area is 116 Å². The number of hydrogen-bond donors (Lipinski definition) is 2. The van der Waals surface area contributed by atoms with Crippen molar-refractivity contribution in [1.82, 2.24) is 0 Å². The number of rotatable bonds is 5. The standard InChI is InChI=1S/C15H15NO4/c1-19-12-8-5-9-13(20-2)14(12)16-11-7-4-3-6-10(11)15(17)18/h3-9,16H,1-2H3,(H,17,18). The van der Waals surface area contributed by atoms with Crippen molar-refractivity contribution in [2.75, 3.05) is 19.5 Å². The van der Waals surface area contributed by atoms with Crippen LogP contribution in [0.5, 0.6) is 11.5 Å². The Hall–Kier alpha value is -2.69. The highest BCUT2D eigenvalue weighted by molar-refractivity contribution is 5.95. The van der Waals surface area contributed by atoms with E-state index < -0.39 is 5.97 Å². The van der Waals surface area contributed by atoms with Gasteiger partial charge in [0.1, 0.15) is 17.2 Å². The molecule has 0 aliphatic rings. The van der Waals surface area contributed by atoms with E-state index in [1.807, 2.05) is 0 Å². The van der Waals surface area contributed by atoms with Gasteiger partial charge in [-0.1, -0.05) is 18.2 Å². The van der Waals surface area contributed by atoms with Gasteiger partial charge in [-0.3, -0.25) is 0 Å². The lowest BCUT2D eigenvalue weighted by Crippen LogP contribution is -2.04. The summed E-state index contributed by atoms with van der Waals surface area (Å²) >= 11 is 0. The van der Waals surface area contributed by atoms with E-state index in [1.165, 1.54) is 6.07 Å². The van der Waals surface area contributed by atoms with Gasteiger partial charge in [-0.15, -0.1) is 0 Å². The average Bonchev–Trinajstić information content (AvgIpc) is 2.47. The van der Waals surface area contributed by atoms with Crippen molar-refractivity contribution in [3.05, 3.63) is 48.0 Å². The SMILES string of the molecule is COc1cccc(OC)c1Nc1ccccc1C(=O)O. The molecule has 0 fully saturated rings. The Morgan fingerprint density at radius 3 is 2.15 bits per heavy atom. The van der Waals surface area contributed by atoms with Crippen LogP contribution in [0.3, 0.4) is 0 Å². The molecule has 0 heterocycles. The van der Waals surface area contributed by atoms with Gasteiger partial charge in [0.05, 0.1) is 25.5 Å². The van der Waals surface area contributed by atoms with E-state index in [0.29, 0.717) is 22.9 Å². The molecule has 0 amide bonds. The van der Waals surface area contributed by atoms with E-state index in [0.717, 1.165) is 0 Å². The van der Waals surface area contributed by atoms with Crippen LogP contribution in [-0.4, -0.2) is 25.3 Å². The van der Waals surface area contributed by atoms with Crippen LogP contribution in [0.1, 0.15) is 10.4 Å². The third-order valence-electron chi connectivity index (χ3n) is 2.84. The highest BCUT2D eigenvalue weighted by Gasteiger charge is 2.14. The lowest BCUT2D eigenvalue weighted by molar-refractivity contribution is 0.0698. The lowest BCUT2D eigenvalue weighted by Gasteiger charge is -2.16. The molecule has 0 aliphatic carbocycles. The molecule has 104 valence electrons. The zero-order valence-electron chi connectivity index (χ0n) is 11.2. The predicted molar refractivity (Wildman–Crippen MR) is 76.2 cm³/mol. The summed E-state index contributed by atoms with van der Waals surface area (Å²) in [6.45, 7) is 0. The fourth-order valence-electron chi connectivity index (χ4n) is 1.89. The summed E-state index contributed by atoms with van der Waals surface area (Å²) in [4.78, 5) is 11.2. The number of para-hydroxylation sites is 2. The number of carboxylic acids is 1. The summed E-state index contributed by atoms with van der Waals surface area (Å²) < 4.78 is 10.5. The van der Waals surface area contributed by atoms with Gasteiger partial charge in [0.25, 0.3) is 0 Å². The van der Waals surface area contributed by atoms with Crippen molar-refractivity contribution in [3.8, 4) is 11.5 Å². The molecule has 5 nitrogen and oxygen atoms in total. The smallest absolute Gasteiger partial charge is 0.337 e. The first-order valence-electron chi connectivity index (χ1n) is 5.97. The Morgan fingerprint density at radius 1 is 1.00 bits per heavy atom. The van der Waals surface area contributed by atoms with Crippen molar-refractivity contribution in [2.45, 2.75) is 0 Å². The molecule has 2 aromatic rings. The van der Waals surface area contributed by atoms with Gasteiger partial charge in [-0.05, 0) is 24.3 Å². The Balaban J connectivity index is 2.47. The van der Waals surface area contributed by atoms with E-state index in [1.54, 1.807) is 50.6 Å². The molecule has 0 saturated carbocycles. The summed E-state index contributed by atoms with van der Waals surface area (Å²) in [5.74, 6) is 0.149. The van der Waals surface area contributed by atoms with Gasteiger partial charge in [0.2, 0.25) is 0 Å². The number of carbonyl (C=O) groups is 1. The zero-order valence-corrected chi connectivity index (χ0v) is 11.2. The lowest BCUT2D eigenvalue weighted by atomic mass is 10.1. The molecule has 2 aromatic carbocycles. The predicted octanol–water partition coefficient (Wildman–Crippen LogP) is 3.15. The van der Waals surface area contributed by atoms with Crippen LogP contribution in [0.25, 0.3) is 0 Å². The second kappa shape index (κ2) is 5.97. The van der Waals surface area contributed by atoms with Crippen molar-refractivity contribution < 1.29 is 19.4 Å². The minimum absolute atomic E-state index is 0.181. The molecule has 5 heteroatoms. The summed E-state index contributed by atoms with van der Waals surface area (Å²) in [6.07, 6.45) is 0. The van der Waals surface area contributed by atoms with E-state index in [4.69, 9.17) is 9.47 Å². The molecule has 2 N–H and O–H groups in total. The van der Waals surface area contributed by atoms with Crippen LogP contribution in [0.4, 0.5) is 11.4 Å². The first-order chi connectivity index (χ1) is 9.67. The molecule has 0 aromatic heterocycles. The minimum atomic E-state index is -0.998. The van der Waals surface area contributed by atoms with Crippen LogP contribution in [0.15, 0.2) is 42.5 Å². The molecule has 0 bridgehead atoms. The van der Waals surface area contributed by atoms with Gasteiger partial charge < -0.3 is 19.9 Å². The number of methoxy groups -OCH3 is 2. The topological polar surface area (TPSA) is 67.8 Å². The molecule has 0 saturated heterocycles. The highest BCUT2D eigenvalue weighted by Crippen LogP contribution is 2.37. The Morgan fingerprint density at radius 2 is 1.60 bits per heavy atom. The zero-order chi connectivity index (χ0) is 14.5. The summed E-state index contributed by atoms with van der Waals surface area (Å²) in [5.41, 5.74) is 1.24. The molecule has 2 rings (SSSR count). The van der Waals surface area contributed by atoms with Crippen LogP contribution >= 0.6 is 0 Å². The third kappa shape index (κ3) is 2.66. The van der Waals surface area contributed by atoms with Gasteiger partial charge in [-0.2, -0.15) is 0 Å². The first kappa shape index (κ1) is 13.7. The average molecular weight is 273 g/mol. The number of ether oxygens (including phenoxy) is 2. The van der Waals surface area contributed by atoms with E-state index >= 15 is 0 Å². The van der Waals surface area contributed by atoms with Crippen LogP contribution in [-0.2, 0) is 0 Å². The largest absolute Gasteiger partial charge is 0.494 e. The van der Waals surface area contributed by atoms with Crippen molar-refractivity contribution in [3.63, 3.8) is 0 Å². The summed E-state index contributed by atoms with van der Waals surface area (Å²) in [5, 5.41) is 12.3. The van der Waals surface area contributed by atoms with Crippen LogP contribution < -0.4 is 14.8 Å². The molecule has 0 atom stereocenters. The summed E-state index contributed by atoms with van der Waals surface area (Å²) in [7, 11) is 3.09. The van der Waals surface area contributed by atoms with E-state index in [-0.39, 0.29) is 5.56 Å². The summed E-state index contributed by atoms with van der Waals surface area (Å²) in [6, 6.07) is 12.0. The molecule has 0 unspecified atom stereocenters. The molecule has 20 heavy (non-hydrogen) atoms. The number of nitrogens with one attached hydrogen (secondary N) is 1. The number of hydrogen-bond acceptors (Lipinski definition) is 4. The van der Waals surface area contributed by atoms with E-state index in [9.17, 15) is 9.90 Å². The fourth-order valence-corrected chi connectivity index (χ4v) is 1.89. The van der Waals surface area contributed by atoms with Gasteiger partial charge in [0, 0.05) is 0 Å². The molecule has 0 spiro atoms. The highest BCUT2D eigenvalue weighted by atomic mass is 16.5. The van der Waals surface area contributed by atoms with Crippen LogP contribution in [0, 0.1) is 0 Å². The first-order valence-corrected chi connectivity index (χ1v) is 5.97. The Bertz CT molecular complexity index is 603. The molecule has 0 aliphatic heterocycles. The number of anilines is 2. The molecular formula is C15H15NO4. The minimum Gasteiger partial charge on any atom is -0.494 e. The monoisotopic (exact) mass is 273 g/mol. The normalized spacial score (nSPS) is 9.90. The molecule has 0 radical (unpaired) electrons. The fraction of sp³-hybridized carbons (Fsp3) is 0.133. The maximum atomic E-state index is 11.2. The van der Waals surface area contributed by atoms with Crippen molar-refractivity contribution in [1.29, 1.82) is 0 Å². The number of benzene rings is 2. The van der Waals surface area contributed by atoms with Crippen LogP contribution in [0.2, 0.25) is 0 Å². The molecular weight excluding hydrogens is 258 g/mol. The van der Waals surface area contributed by atoms with E-state index in [2.05, 4.69) is 5.32 Å². The second-order valence-electron chi connectivity index (χ2n) is 4.01. The third-order valence-corrected chi connectivity index (χ3v) is 2.84. The van der Waals surface area contributed by atoms with Gasteiger partial charge in [0.15, 0.2) is 0 Å². The number of aromatic carboxylic acids is 1. The van der Waals surface area contributed by atoms with Crippen molar-refractivity contribution in [2.24, 2.45) is 0 Å². The van der Waals surface area contributed by atoms with Gasteiger partial charge in [-0.25, -0.2) is 4.79 Å². The van der Waals surface area contributed by atoms with Crippen molar-refractivity contribution >= 4 is 17.3 Å². The maximum absolute atomic E-state index is 11.2.